The Balaban J connectivity index is 1.87. The highest BCUT2D eigenvalue weighted by atomic mass is 16.5. The first-order chi connectivity index (χ1) is 9.60. The summed E-state index contributed by atoms with van der Waals surface area (Å²) in [5.74, 6) is 1.60. The van der Waals surface area contributed by atoms with Gasteiger partial charge in [0, 0.05) is 45.1 Å². The Morgan fingerprint density at radius 1 is 1.35 bits per heavy atom. The van der Waals surface area contributed by atoms with Gasteiger partial charge in [-0.3, -0.25) is 4.99 Å². The molecule has 108 valence electrons. The van der Waals surface area contributed by atoms with Crippen LogP contribution in [0.15, 0.2) is 28.0 Å². The second-order valence-electron chi connectivity index (χ2n) is 4.77. The molecule has 0 fully saturated rings. The molecule has 0 aromatic carbocycles. The number of nitrogens with zero attached hydrogens (tertiary/aromatic N) is 3. The van der Waals surface area contributed by atoms with E-state index in [4.69, 9.17) is 4.52 Å². The maximum absolute atomic E-state index is 5.14. The van der Waals surface area contributed by atoms with Gasteiger partial charge in [-0.1, -0.05) is 5.16 Å². The van der Waals surface area contributed by atoms with Crippen LogP contribution < -0.4 is 10.6 Å². The normalized spacial score (nSPS) is 11.7. The van der Waals surface area contributed by atoms with E-state index in [1.54, 1.807) is 7.05 Å². The Morgan fingerprint density at radius 3 is 2.65 bits per heavy atom. The summed E-state index contributed by atoms with van der Waals surface area (Å²) in [6.45, 7) is 5.24. The Bertz CT molecular complexity index is 577. The molecule has 2 rings (SSSR count). The molecule has 0 radical (unpaired) electrons. The minimum atomic E-state index is 0.648. The fraction of sp³-hybridized carbons (Fsp3) is 0.429. The molecule has 2 aromatic heterocycles. The lowest BCUT2D eigenvalue weighted by Crippen LogP contribution is -2.36. The lowest BCUT2D eigenvalue weighted by atomic mass is 10.2. The van der Waals surface area contributed by atoms with E-state index in [0.29, 0.717) is 6.54 Å². The highest BCUT2D eigenvalue weighted by molar-refractivity contribution is 5.79. The third-order valence-electron chi connectivity index (χ3n) is 3.19. The summed E-state index contributed by atoms with van der Waals surface area (Å²) in [5, 5.41) is 10.5. The Morgan fingerprint density at radius 2 is 2.10 bits per heavy atom. The van der Waals surface area contributed by atoms with Gasteiger partial charge in [-0.15, -0.1) is 0 Å². The minimum Gasteiger partial charge on any atom is -0.361 e. The summed E-state index contributed by atoms with van der Waals surface area (Å²) in [5.41, 5.74) is 3.20. The highest BCUT2D eigenvalue weighted by Gasteiger charge is 2.09. The van der Waals surface area contributed by atoms with Gasteiger partial charge in [-0.05, 0) is 25.5 Å². The molecule has 6 heteroatoms. The van der Waals surface area contributed by atoms with Gasteiger partial charge in [-0.2, -0.15) is 0 Å². The first-order valence-corrected chi connectivity index (χ1v) is 6.57. The molecule has 0 saturated heterocycles. The predicted octanol–water partition coefficient (Wildman–Crippen LogP) is 1.50. The Labute approximate surface area is 118 Å². The standard InChI is InChI=1S/C14H21N5O/c1-10-13(11(2)20-18-10)8-17-14(15-3)16-7-12-5-6-19(4)9-12/h5-6,9H,7-8H2,1-4H3,(H2,15,16,17). The summed E-state index contributed by atoms with van der Waals surface area (Å²) in [6.07, 6.45) is 4.10. The van der Waals surface area contributed by atoms with Crippen LogP contribution in [0.2, 0.25) is 0 Å². The van der Waals surface area contributed by atoms with E-state index >= 15 is 0 Å². The topological polar surface area (TPSA) is 67.4 Å². The van der Waals surface area contributed by atoms with Crippen LogP contribution in [0.4, 0.5) is 0 Å². The van der Waals surface area contributed by atoms with Crippen LogP contribution >= 0.6 is 0 Å². The monoisotopic (exact) mass is 275 g/mol. The highest BCUT2D eigenvalue weighted by Crippen LogP contribution is 2.11. The van der Waals surface area contributed by atoms with Crippen LogP contribution in [0.5, 0.6) is 0 Å². The molecular formula is C14H21N5O. The van der Waals surface area contributed by atoms with Crippen LogP contribution in [0.1, 0.15) is 22.6 Å². The van der Waals surface area contributed by atoms with Crippen molar-refractivity contribution in [3.63, 3.8) is 0 Å². The molecule has 2 N–H and O–H groups in total. The number of guanidine groups is 1. The fourth-order valence-electron chi connectivity index (χ4n) is 2.00. The van der Waals surface area contributed by atoms with E-state index in [1.807, 2.05) is 31.7 Å². The maximum atomic E-state index is 5.14. The van der Waals surface area contributed by atoms with Crippen LogP contribution in [0, 0.1) is 13.8 Å². The molecule has 0 bridgehead atoms. The Hall–Kier alpha value is -2.24. The van der Waals surface area contributed by atoms with Crippen LogP contribution in [0.25, 0.3) is 0 Å². The SMILES string of the molecule is CN=C(NCc1ccn(C)c1)NCc1c(C)noc1C. The number of aliphatic imine (C=N–C) groups is 1. The number of aromatic nitrogens is 2. The predicted molar refractivity (Wildman–Crippen MR) is 78.4 cm³/mol. The molecule has 0 aliphatic heterocycles. The third-order valence-corrected chi connectivity index (χ3v) is 3.19. The second-order valence-corrected chi connectivity index (χ2v) is 4.77. The molecule has 2 aromatic rings. The zero-order valence-electron chi connectivity index (χ0n) is 12.4. The number of hydrogen-bond donors (Lipinski definition) is 2. The third kappa shape index (κ3) is 3.40. The lowest BCUT2D eigenvalue weighted by molar-refractivity contribution is 0.392. The first-order valence-electron chi connectivity index (χ1n) is 6.57. The summed E-state index contributed by atoms with van der Waals surface area (Å²) in [6, 6.07) is 2.08. The van der Waals surface area contributed by atoms with Gasteiger partial charge < -0.3 is 19.7 Å². The molecule has 0 saturated carbocycles. The maximum Gasteiger partial charge on any atom is 0.191 e. The van der Waals surface area contributed by atoms with Gasteiger partial charge in [0.1, 0.15) is 5.76 Å². The number of hydrogen-bond acceptors (Lipinski definition) is 3. The van der Waals surface area contributed by atoms with Crippen molar-refractivity contribution < 1.29 is 4.52 Å². The van der Waals surface area contributed by atoms with E-state index in [0.717, 1.165) is 29.5 Å². The van der Waals surface area contributed by atoms with Crippen molar-refractivity contribution in [2.45, 2.75) is 26.9 Å². The zero-order valence-corrected chi connectivity index (χ0v) is 12.4. The van der Waals surface area contributed by atoms with E-state index in [-0.39, 0.29) is 0 Å². The van der Waals surface area contributed by atoms with Crippen molar-refractivity contribution in [3.05, 3.63) is 41.0 Å². The Kier molecular flexibility index (Phi) is 4.45. The molecule has 0 unspecified atom stereocenters. The number of aryl methyl sites for hydroxylation is 3. The quantitative estimate of drug-likeness (QED) is 0.655. The van der Waals surface area contributed by atoms with Crippen LogP contribution in [0.3, 0.4) is 0 Å². The van der Waals surface area contributed by atoms with Crippen molar-refractivity contribution in [1.29, 1.82) is 0 Å². The molecule has 0 aliphatic rings. The molecule has 0 atom stereocenters. The summed E-state index contributed by atoms with van der Waals surface area (Å²) >= 11 is 0. The molecule has 0 amide bonds. The van der Waals surface area contributed by atoms with Gasteiger partial charge in [0.05, 0.1) is 5.69 Å². The number of nitrogens with one attached hydrogen (secondary N) is 2. The van der Waals surface area contributed by atoms with E-state index < -0.39 is 0 Å². The lowest BCUT2D eigenvalue weighted by Gasteiger charge is -2.11. The van der Waals surface area contributed by atoms with E-state index in [2.05, 4.69) is 33.0 Å². The molecule has 0 aliphatic carbocycles. The zero-order chi connectivity index (χ0) is 14.5. The van der Waals surface area contributed by atoms with Crippen LogP contribution in [-0.4, -0.2) is 22.7 Å². The van der Waals surface area contributed by atoms with E-state index in [1.165, 1.54) is 5.56 Å². The summed E-state index contributed by atoms with van der Waals surface area (Å²) in [7, 11) is 3.77. The molecule has 20 heavy (non-hydrogen) atoms. The van der Waals surface area contributed by atoms with E-state index in [9.17, 15) is 0 Å². The summed E-state index contributed by atoms with van der Waals surface area (Å²) < 4.78 is 7.17. The second kappa shape index (κ2) is 6.27. The van der Waals surface area contributed by atoms with Gasteiger partial charge in [0.15, 0.2) is 5.96 Å². The van der Waals surface area contributed by atoms with Crippen molar-refractivity contribution in [3.8, 4) is 0 Å². The van der Waals surface area contributed by atoms with Crippen molar-refractivity contribution in [2.75, 3.05) is 7.05 Å². The minimum absolute atomic E-state index is 0.648. The van der Waals surface area contributed by atoms with Crippen molar-refractivity contribution in [2.24, 2.45) is 12.0 Å². The van der Waals surface area contributed by atoms with Crippen molar-refractivity contribution >= 4 is 5.96 Å². The van der Waals surface area contributed by atoms with Gasteiger partial charge >= 0.3 is 0 Å². The van der Waals surface area contributed by atoms with Crippen molar-refractivity contribution in [1.82, 2.24) is 20.4 Å². The fourth-order valence-corrected chi connectivity index (χ4v) is 2.00. The average Bonchev–Trinajstić information content (AvgIpc) is 2.98. The van der Waals surface area contributed by atoms with Gasteiger partial charge in [0.25, 0.3) is 0 Å². The molecule has 2 heterocycles. The molecule has 0 spiro atoms. The first kappa shape index (κ1) is 14.2. The number of rotatable bonds is 4. The smallest absolute Gasteiger partial charge is 0.191 e. The van der Waals surface area contributed by atoms with Gasteiger partial charge in [0.2, 0.25) is 0 Å². The molecular weight excluding hydrogens is 254 g/mol. The molecule has 6 nitrogen and oxygen atoms in total. The van der Waals surface area contributed by atoms with Crippen LogP contribution in [-0.2, 0) is 20.1 Å². The summed E-state index contributed by atoms with van der Waals surface area (Å²) in [4.78, 5) is 4.21. The average molecular weight is 275 g/mol. The largest absolute Gasteiger partial charge is 0.361 e. The van der Waals surface area contributed by atoms with Gasteiger partial charge in [-0.25, -0.2) is 0 Å².